The van der Waals surface area contributed by atoms with Gasteiger partial charge in [-0.1, -0.05) is 0 Å². The number of ether oxygens (including phenoxy) is 1. The topological polar surface area (TPSA) is 99.5 Å². The van der Waals surface area contributed by atoms with Crippen LogP contribution in [-0.2, 0) is 14.8 Å². The van der Waals surface area contributed by atoms with Crippen LogP contribution in [0.4, 0.5) is 5.69 Å². The summed E-state index contributed by atoms with van der Waals surface area (Å²) < 4.78 is 31.2. The van der Waals surface area contributed by atoms with Crippen LogP contribution in [0, 0.1) is 11.3 Å². The van der Waals surface area contributed by atoms with Gasteiger partial charge in [0, 0.05) is 12.7 Å². The molecule has 2 aromatic rings. The van der Waals surface area contributed by atoms with E-state index in [1.165, 1.54) is 31.3 Å². The van der Waals surface area contributed by atoms with Crippen molar-refractivity contribution in [1.29, 1.82) is 5.26 Å². The molecule has 0 spiro atoms. The van der Waals surface area contributed by atoms with Gasteiger partial charge in [0.25, 0.3) is 0 Å². The Kier molecular flexibility index (Phi) is 6.33. The number of likely N-dealkylation sites (N-methyl/N-ethyl adjacent to an activating group) is 1. The largest absolute Gasteiger partial charge is 0.494 e. The van der Waals surface area contributed by atoms with Crippen LogP contribution in [0.15, 0.2) is 53.4 Å². The molecular weight excluding hydrogens is 354 g/mol. The molecule has 0 bridgehead atoms. The van der Waals surface area contributed by atoms with Gasteiger partial charge in [-0.05, 0) is 55.5 Å². The summed E-state index contributed by atoms with van der Waals surface area (Å²) in [6.07, 6.45) is 0. The highest BCUT2D eigenvalue weighted by Crippen LogP contribution is 2.17. The molecule has 1 N–H and O–H groups in total. The molecule has 0 saturated heterocycles. The number of hydrogen-bond acceptors (Lipinski definition) is 5. The minimum atomic E-state index is -3.82. The summed E-state index contributed by atoms with van der Waals surface area (Å²) in [5.41, 5.74) is 0.905. The summed E-state index contributed by atoms with van der Waals surface area (Å²) in [5.74, 6) is 0.222. The van der Waals surface area contributed by atoms with Crippen LogP contribution in [0.3, 0.4) is 0 Å². The van der Waals surface area contributed by atoms with E-state index < -0.39 is 15.9 Å². The predicted octanol–water partition coefficient (Wildman–Crippen LogP) is 2.22. The quantitative estimate of drug-likeness (QED) is 0.802. The van der Waals surface area contributed by atoms with E-state index >= 15 is 0 Å². The third-order valence-corrected chi connectivity index (χ3v) is 5.32. The number of anilines is 1. The van der Waals surface area contributed by atoms with Crippen molar-refractivity contribution >= 4 is 21.6 Å². The molecule has 0 atom stereocenters. The minimum Gasteiger partial charge on any atom is -0.494 e. The van der Waals surface area contributed by atoms with Crippen molar-refractivity contribution in [3.63, 3.8) is 0 Å². The van der Waals surface area contributed by atoms with Gasteiger partial charge in [-0.15, -0.1) is 0 Å². The molecule has 7 nitrogen and oxygen atoms in total. The van der Waals surface area contributed by atoms with Crippen molar-refractivity contribution in [2.75, 3.05) is 25.5 Å². The number of benzene rings is 2. The molecule has 0 aromatic heterocycles. The van der Waals surface area contributed by atoms with Crippen LogP contribution in [-0.4, -0.2) is 38.8 Å². The fourth-order valence-corrected chi connectivity index (χ4v) is 3.30. The van der Waals surface area contributed by atoms with Gasteiger partial charge in [0.1, 0.15) is 5.75 Å². The lowest BCUT2D eigenvalue weighted by atomic mass is 10.2. The summed E-state index contributed by atoms with van der Waals surface area (Å²) in [5, 5.41) is 11.4. The second-order valence-corrected chi connectivity index (χ2v) is 7.45. The molecule has 0 fully saturated rings. The van der Waals surface area contributed by atoms with Crippen molar-refractivity contribution in [3.05, 3.63) is 54.1 Å². The van der Waals surface area contributed by atoms with E-state index in [4.69, 9.17) is 10.00 Å². The Balaban J connectivity index is 2.01. The van der Waals surface area contributed by atoms with Crippen molar-refractivity contribution < 1.29 is 17.9 Å². The Labute approximate surface area is 152 Å². The fourth-order valence-electron chi connectivity index (χ4n) is 2.17. The first-order valence-corrected chi connectivity index (χ1v) is 9.30. The van der Waals surface area contributed by atoms with E-state index in [9.17, 15) is 13.2 Å². The number of carbonyl (C=O) groups is 1. The molecule has 0 aliphatic carbocycles. The van der Waals surface area contributed by atoms with E-state index in [-0.39, 0.29) is 11.4 Å². The van der Waals surface area contributed by atoms with E-state index in [1.54, 1.807) is 24.3 Å². The van der Waals surface area contributed by atoms with Crippen LogP contribution >= 0.6 is 0 Å². The first kappa shape index (κ1) is 19.4. The van der Waals surface area contributed by atoms with Gasteiger partial charge in [-0.25, -0.2) is 8.42 Å². The number of nitriles is 1. The lowest BCUT2D eigenvalue weighted by Crippen LogP contribution is -2.34. The van der Waals surface area contributed by atoms with Crippen LogP contribution in [0.5, 0.6) is 5.75 Å². The Morgan fingerprint density at radius 1 is 1.15 bits per heavy atom. The molecule has 0 saturated carbocycles. The zero-order valence-electron chi connectivity index (χ0n) is 14.5. The van der Waals surface area contributed by atoms with Gasteiger partial charge < -0.3 is 10.1 Å². The highest BCUT2D eigenvalue weighted by Gasteiger charge is 2.23. The van der Waals surface area contributed by atoms with Gasteiger partial charge in [-0.3, -0.25) is 4.79 Å². The van der Waals surface area contributed by atoms with E-state index in [0.717, 1.165) is 4.31 Å². The van der Waals surface area contributed by atoms with Crippen LogP contribution < -0.4 is 10.1 Å². The molecule has 26 heavy (non-hydrogen) atoms. The molecule has 0 unspecified atom stereocenters. The average molecular weight is 373 g/mol. The van der Waals surface area contributed by atoms with Crippen molar-refractivity contribution in [1.82, 2.24) is 4.31 Å². The molecule has 0 aliphatic heterocycles. The first-order chi connectivity index (χ1) is 12.4. The average Bonchev–Trinajstić information content (AvgIpc) is 2.63. The van der Waals surface area contributed by atoms with Gasteiger partial charge in [0.15, 0.2) is 0 Å². The second-order valence-electron chi connectivity index (χ2n) is 5.40. The maximum absolute atomic E-state index is 12.5. The van der Waals surface area contributed by atoms with Crippen molar-refractivity contribution in [2.24, 2.45) is 0 Å². The molecule has 2 aromatic carbocycles. The molecule has 1 amide bonds. The molecule has 0 aliphatic rings. The predicted molar refractivity (Wildman–Crippen MR) is 97.2 cm³/mol. The number of nitrogens with zero attached hydrogens (tertiary/aromatic N) is 2. The summed E-state index contributed by atoms with van der Waals surface area (Å²) in [4.78, 5) is 12.1. The second kappa shape index (κ2) is 8.47. The highest BCUT2D eigenvalue weighted by atomic mass is 32.2. The van der Waals surface area contributed by atoms with Gasteiger partial charge in [0.2, 0.25) is 15.9 Å². The summed E-state index contributed by atoms with van der Waals surface area (Å²) in [6, 6.07) is 14.2. The lowest BCUT2D eigenvalue weighted by Gasteiger charge is -2.17. The third-order valence-electron chi connectivity index (χ3n) is 3.51. The molecule has 8 heteroatoms. The monoisotopic (exact) mass is 373 g/mol. The maximum Gasteiger partial charge on any atom is 0.243 e. The number of rotatable bonds is 7. The Morgan fingerprint density at radius 2 is 1.77 bits per heavy atom. The third kappa shape index (κ3) is 4.81. The van der Waals surface area contributed by atoms with Crippen molar-refractivity contribution in [3.8, 4) is 11.8 Å². The van der Waals surface area contributed by atoms with Crippen LogP contribution in [0.25, 0.3) is 0 Å². The van der Waals surface area contributed by atoms with Crippen LogP contribution in [0.2, 0.25) is 0 Å². The molecular formula is C18H19N3O4S. The number of carbonyl (C=O) groups excluding carboxylic acids is 1. The van der Waals surface area contributed by atoms with Crippen molar-refractivity contribution in [2.45, 2.75) is 11.8 Å². The van der Waals surface area contributed by atoms with E-state index in [0.29, 0.717) is 23.6 Å². The first-order valence-electron chi connectivity index (χ1n) is 7.86. The normalized spacial score (nSPS) is 11.0. The lowest BCUT2D eigenvalue weighted by molar-refractivity contribution is -0.116. The number of hydrogen-bond donors (Lipinski definition) is 1. The SMILES string of the molecule is CCOc1ccc(NC(=O)CN(C)S(=O)(=O)c2ccc(C#N)cc2)cc1. The highest BCUT2D eigenvalue weighted by molar-refractivity contribution is 7.89. The minimum absolute atomic E-state index is 0.0212. The van der Waals surface area contributed by atoms with Gasteiger partial charge in [-0.2, -0.15) is 9.57 Å². The zero-order chi connectivity index (χ0) is 19.2. The Bertz CT molecular complexity index is 901. The summed E-state index contributed by atoms with van der Waals surface area (Å²) in [7, 11) is -2.50. The standard InChI is InChI=1S/C18H19N3O4S/c1-3-25-16-8-6-15(7-9-16)20-18(22)13-21(2)26(23,24)17-10-4-14(12-19)5-11-17/h4-11H,3,13H2,1-2H3,(H,20,22). The molecule has 0 radical (unpaired) electrons. The summed E-state index contributed by atoms with van der Waals surface area (Å²) >= 11 is 0. The van der Waals surface area contributed by atoms with Gasteiger partial charge in [0.05, 0.1) is 29.7 Å². The van der Waals surface area contributed by atoms with E-state index in [1.807, 2.05) is 13.0 Å². The molecule has 136 valence electrons. The fraction of sp³-hybridized carbons (Fsp3) is 0.222. The smallest absolute Gasteiger partial charge is 0.243 e. The zero-order valence-corrected chi connectivity index (χ0v) is 15.3. The number of nitrogens with one attached hydrogen (secondary N) is 1. The Hall–Kier alpha value is -2.89. The molecule has 0 heterocycles. The van der Waals surface area contributed by atoms with Crippen LogP contribution in [0.1, 0.15) is 12.5 Å². The van der Waals surface area contributed by atoms with Gasteiger partial charge >= 0.3 is 0 Å². The Morgan fingerprint density at radius 3 is 2.31 bits per heavy atom. The summed E-state index contributed by atoms with van der Waals surface area (Å²) in [6.45, 7) is 2.08. The number of sulfonamides is 1. The van der Waals surface area contributed by atoms with E-state index in [2.05, 4.69) is 5.32 Å². The maximum atomic E-state index is 12.5. The molecule has 2 rings (SSSR count). The number of amides is 1.